The van der Waals surface area contributed by atoms with Gasteiger partial charge < -0.3 is 15.0 Å². The lowest BCUT2D eigenvalue weighted by atomic mass is 10.0. The fourth-order valence-corrected chi connectivity index (χ4v) is 2.31. The maximum atomic E-state index is 12.1. The lowest BCUT2D eigenvalue weighted by Gasteiger charge is -2.13. The number of amides is 1. The van der Waals surface area contributed by atoms with Gasteiger partial charge >= 0.3 is 0 Å². The summed E-state index contributed by atoms with van der Waals surface area (Å²) in [6.07, 6.45) is 0.736. The lowest BCUT2D eigenvalue weighted by Crippen LogP contribution is -2.44. The fraction of sp³-hybridized carbons (Fsp3) is 0.533. The summed E-state index contributed by atoms with van der Waals surface area (Å²) in [7, 11) is 5.63. The minimum Gasteiger partial charge on any atom is -0.497 e. The zero-order chi connectivity index (χ0) is 15.2. The maximum absolute atomic E-state index is 12.1. The van der Waals surface area contributed by atoms with Crippen LogP contribution in [0.1, 0.15) is 18.0 Å². The molecular weight excluding hydrogens is 268 g/mol. The third-order valence-corrected chi connectivity index (χ3v) is 3.60. The first-order chi connectivity index (χ1) is 10.1. The van der Waals surface area contributed by atoms with Crippen molar-refractivity contribution in [3.8, 4) is 5.75 Å². The van der Waals surface area contributed by atoms with Gasteiger partial charge in [0.25, 0.3) is 0 Å². The molecular formula is C15H24N4O2. The third kappa shape index (κ3) is 4.42. The summed E-state index contributed by atoms with van der Waals surface area (Å²) in [5.74, 6) is 0.878. The molecule has 1 fully saturated rings. The molecule has 1 heterocycles. The van der Waals surface area contributed by atoms with Gasteiger partial charge in [-0.05, 0) is 38.2 Å². The largest absolute Gasteiger partial charge is 0.497 e. The Morgan fingerprint density at radius 3 is 2.67 bits per heavy atom. The van der Waals surface area contributed by atoms with E-state index >= 15 is 0 Å². The van der Waals surface area contributed by atoms with Crippen LogP contribution in [0.5, 0.6) is 5.75 Å². The summed E-state index contributed by atoms with van der Waals surface area (Å²) in [6, 6.07) is 7.85. The quantitative estimate of drug-likeness (QED) is 0.703. The Morgan fingerprint density at radius 1 is 1.33 bits per heavy atom. The molecule has 0 bridgehead atoms. The van der Waals surface area contributed by atoms with E-state index in [1.165, 1.54) is 0 Å². The number of carbonyl (C=O) groups is 1. The van der Waals surface area contributed by atoms with E-state index in [4.69, 9.17) is 4.74 Å². The fourth-order valence-electron chi connectivity index (χ4n) is 2.31. The smallest absolute Gasteiger partial charge is 0.238 e. The van der Waals surface area contributed by atoms with Crippen LogP contribution in [0.2, 0.25) is 0 Å². The molecule has 21 heavy (non-hydrogen) atoms. The summed E-state index contributed by atoms with van der Waals surface area (Å²) >= 11 is 0. The van der Waals surface area contributed by atoms with E-state index in [0.29, 0.717) is 6.54 Å². The average molecular weight is 292 g/mol. The molecule has 6 nitrogen and oxygen atoms in total. The summed E-state index contributed by atoms with van der Waals surface area (Å²) < 4.78 is 5.15. The molecule has 0 saturated carbocycles. The van der Waals surface area contributed by atoms with Crippen LogP contribution in [0.25, 0.3) is 0 Å². The van der Waals surface area contributed by atoms with Gasteiger partial charge in [0.15, 0.2) is 0 Å². The number of hydrazine groups is 1. The Balaban J connectivity index is 1.83. The number of nitrogens with one attached hydrogen (secondary N) is 3. The van der Waals surface area contributed by atoms with Crippen LogP contribution in [-0.4, -0.2) is 51.1 Å². The number of likely N-dealkylation sites (N-methyl/N-ethyl adjacent to an activating group) is 1. The third-order valence-electron chi connectivity index (χ3n) is 3.60. The molecule has 2 atom stereocenters. The van der Waals surface area contributed by atoms with Crippen LogP contribution in [0.4, 0.5) is 0 Å². The van der Waals surface area contributed by atoms with Crippen LogP contribution >= 0.6 is 0 Å². The van der Waals surface area contributed by atoms with E-state index in [2.05, 4.69) is 16.2 Å². The first-order valence-corrected chi connectivity index (χ1v) is 7.17. The normalized spacial score (nSPS) is 21.5. The van der Waals surface area contributed by atoms with Crippen molar-refractivity contribution in [1.82, 2.24) is 21.1 Å². The van der Waals surface area contributed by atoms with Gasteiger partial charge in [0.2, 0.25) is 5.91 Å². The molecule has 0 radical (unpaired) electrons. The maximum Gasteiger partial charge on any atom is 0.238 e. The summed E-state index contributed by atoms with van der Waals surface area (Å²) in [4.78, 5) is 14.1. The predicted octanol–water partition coefficient (Wildman–Crippen LogP) is 0.281. The van der Waals surface area contributed by atoms with Gasteiger partial charge in [0.1, 0.15) is 11.8 Å². The van der Waals surface area contributed by atoms with Gasteiger partial charge in [-0.25, -0.2) is 10.9 Å². The van der Waals surface area contributed by atoms with Gasteiger partial charge in [0.05, 0.1) is 7.11 Å². The minimum absolute atomic E-state index is 0.0420. The monoisotopic (exact) mass is 292 g/mol. The number of hydrogen-bond acceptors (Lipinski definition) is 5. The van der Waals surface area contributed by atoms with Gasteiger partial charge in [-0.15, -0.1) is 0 Å². The second-order valence-corrected chi connectivity index (χ2v) is 5.50. The van der Waals surface area contributed by atoms with E-state index in [9.17, 15) is 4.79 Å². The highest BCUT2D eigenvalue weighted by Gasteiger charge is 2.29. The molecule has 3 N–H and O–H groups in total. The van der Waals surface area contributed by atoms with E-state index < -0.39 is 0 Å². The lowest BCUT2D eigenvalue weighted by molar-refractivity contribution is -0.122. The summed E-state index contributed by atoms with van der Waals surface area (Å²) in [5, 5.41) is 2.94. The van der Waals surface area contributed by atoms with Crippen molar-refractivity contribution in [2.45, 2.75) is 18.5 Å². The van der Waals surface area contributed by atoms with Crippen LogP contribution in [0, 0.1) is 0 Å². The first kappa shape index (κ1) is 15.8. The Hall–Kier alpha value is -1.63. The van der Waals surface area contributed by atoms with Gasteiger partial charge in [0, 0.05) is 19.1 Å². The van der Waals surface area contributed by atoms with E-state index in [1.54, 1.807) is 7.11 Å². The summed E-state index contributed by atoms with van der Waals surface area (Å²) in [6.45, 7) is 1.50. The molecule has 6 heteroatoms. The number of nitrogens with zero attached hydrogens (tertiary/aromatic N) is 1. The molecule has 1 aliphatic rings. The molecule has 2 unspecified atom stereocenters. The topological polar surface area (TPSA) is 65.6 Å². The molecule has 1 amide bonds. The Labute approximate surface area is 125 Å². The first-order valence-electron chi connectivity index (χ1n) is 7.17. The number of carbonyl (C=O) groups excluding carboxylic acids is 1. The molecule has 116 valence electrons. The number of benzene rings is 1. The van der Waals surface area contributed by atoms with Crippen molar-refractivity contribution < 1.29 is 9.53 Å². The molecule has 1 aliphatic heterocycles. The molecule has 0 spiro atoms. The zero-order valence-corrected chi connectivity index (χ0v) is 12.8. The van der Waals surface area contributed by atoms with Crippen molar-refractivity contribution in [2.24, 2.45) is 0 Å². The standard InChI is InChI=1S/C15H24N4O2/c1-19(2)9-8-16-15(20)14-10-13(17-18-14)11-4-6-12(21-3)7-5-11/h4-7,13-14,17-18H,8-10H2,1-3H3,(H,16,20). The zero-order valence-electron chi connectivity index (χ0n) is 12.8. The Morgan fingerprint density at radius 2 is 2.05 bits per heavy atom. The Kier molecular flexibility index (Phi) is 5.55. The van der Waals surface area contributed by atoms with Crippen molar-refractivity contribution in [3.05, 3.63) is 29.8 Å². The number of ether oxygens (including phenoxy) is 1. The highest BCUT2D eigenvalue weighted by atomic mass is 16.5. The van der Waals surface area contributed by atoms with Crippen molar-refractivity contribution in [2.75, 3.05) is 34.3 Å². The second-order valence-electron chi connectivity index (χ2n) is 5.50. The molecule has 0 aromatic heterocycles. The van der Waals surface area contributed by atoms with E-state index in [-0.39, 0.29) is 18.0 Å². The van der Waals surface area contributed by atoms with Crippen LogP contribution < -0.4 is 20.9 Å². The molecule has 0 aliphatic carbocycles. The highest BCUT2D eigenvalue weighted by Crippen LogP contribution is 2.24. The molecule has 2 rings (SSSR count). The van der Waals surface area contributed by atoms with E-state index in [1.807, 2.05) is 43.3 Å². The minimum atomic E-state index is -0.195. The number of rotatable bonds is 6. The Bertz CT molecular complexity index is 461. The number of methoxy groups -OCH3 is 1. The van der Waals surface area contributed by atoms with Gasteiger partial charge in [-0.2, -0.15) is 0 Å². The van der Waals surface area contributed by atoms with Crippen molar-refractivity contribution in [1.29, 1.82) is 0 Å². The second kappa shape index (κ2) is 7.40. The van der Waals surface area contributed by atoms with Crippen LogP contribution in [0.3, 0.4) is 0 Å². The molecule has 1 aromatic rings. The van der Waals surface area contributed by atoms with Crippen LogP contribution in [0.15, 0.2) is 24.3 Å². The van der Waals surface area contributed by atoms with Crippen molar-refractivity contribution >= 4 is 5.91 Å². The summed E-state index contributed by atoms with van der Waals surface area (Å²) in [5.41, 5.74) is 7.39. The number of hydrogen-bond donors (Lipinski definition) is 3. The molecule has 1 aromatic carbocycles. The van der Waals surface area contributed by atoms with Crippen LogP contribution in [-0.2, 0) is 4.79 Å². The van der Waals surface area contributed by atoms with Gasteiger partial charge in [-0.3, -0.25) is 4.79 Å². The average Bonchev–Trinajstić information content (AvgIpc) is 2.97. The van der Waals surface area contributed by atoms with Crippen molar-refractivity contribution in [3.63, 3.8) is 0 Å². The predicted molar refractivity (Wildman–Crippen MR) is 82.0 cm³/mol. The highest BCUT2D eigenvalue weighted by molar-refractivity contribution is 5.82. The SMILES string of the molecule is COc1ccc(C2CC(C(=O)NCCN(C)C)NN2)cc1. The van der Waals surface area contributed by atoms with Gasteiger partial charge in [-0.1, -0.05) is 12.1 Å². The molecule has 1 saturated heterocycles. The van der Waals surface area contributed by atoms with E-state index in [0.717, 1.165) is 24.3 Å².